The van der Waals surface area contributed by atoms with E-state index in [1.165, 1.54) is 12.1 Å². The molecule has 164 valence electrons. The van der Waals surface area contributed by atoms with E-state index in [1.807, 2.05) is 19.9 Å². The van der Waals surface area contributed by atoms with Crippen molar-refractivity contribution in [2.75, 3.05) is 0 Å². The Morgan fingerprint density at radius 2 is 1.84 bits per heavy atom. The van der Waals surface area contributed by atoms with Gasteiger partial charge in [0.1, 0.15) is 5.82 Å². The molecule has 3 rings (SSSR count). The maximum absolute atomic E-state index is 13.7. The van der Waals surface area contributed by atoms with Gasteiger partial charge >= 0.3 is 6.18 Å². The first-order chi connectivity index (χ1) is 14.7. The first kappa shape index (κ1) is 22.4. The third-order valence-electron chi connectivity index (χ3n) is 4.34. The van der Waals surface area contributed by atoms with Gasteiger partial charge in [0, 0.05) is 6.54 Å². The number of ether oxygens (including phenoxy) is 1. The summed E-state index contributed by atoms with van der Waals surface area (Å²) in [5.74, 6) is -1.79. The highest BCUT2D eigenvalue weighted by molar-refractivity contribution is 5.93. The average Bonchev–Trinajstić information content (AvgIpc) is 3.17. The van der Waals surface area contributed by atoms with E-state index in [0.29, 0.717) is 16.9 Å². The highest BCUT2D eigenvalue weighted by atomic mass is 19.4. The van der Waals surface area contributed by atoms with Gasteiger partial charge in [-0.2, -0.15) is 13.2 Å². The third-order valence-corrected chi connectivity index (χ3v) is 4.34. The van der Waals surface area contributed by atoms with E-state index in [-0.39, 0.29) is 18.3 Å². The van der Waals surface area contributed by atoms with E-state index in [2.05, 4.69) is 15.6 Å². The fourth-order valence-corrected chi connectivity index (χ4v) is 2.86. The van der Waals surface area contributed by atoms with Gasteiger partial charge < -0.3 is 10.1 Å². The number of nitrogens with zero attached hydrogens (tertiary/aromatic N) is 3. The van der Waals surface area contributed by atoms with Crippen molar-refractivity contribution in [3.05, 3.63) is 76.9 Å². The number of alkyl halides is 3. The van der Waals surface area contributed by atoms with Gasteiger partial charge in [0.15, 0.2) is 11.4 Å². The molecule has 0 aliphatic heterocycles. The van der Waals surface area contributed by atoms with E-state index in [1.54, 1.807) is 18.2 Å². The van der Waals surface area contributed by atoms with Gasteiger partial charge in [0.2, 0.25) is 0 Å². The molecule has 1 N–H and O–H groups in total. The van der Waals surface area contributed by atoms with Crippen LogP contribution in [0.2, 0.25) is 0 Å². The minimum Gasteiger partial charge on any atom is -0.374 e. The molecule has 1 amide bonds. The summed E-state index contributed by atoms with van der Waals surface area (Å²) in [7, 11) is 0. The van der Waals surface area contributed by atoms with Crippen molar-refractivity contribution in [3.8, 4) is 5.69 Å². The molecule has 0 radical (unpaired) electrons. The van der Waals surface area contributed by atoms with Crippen LogP contribution in [0.3, 0.4) is 0 Å². The largest absolute Gasteiger partial charge is 0.435 e. The Morgan fingerprint density at radius 1 is 1.13 bits per heavy atom. The minimum atomic E-state index is -4.94. The first-order valence-corrected chi connectivity index (χ1v) is 9.42. The lowest BCUT2D eigenvalue weighted by molar-refractivity contribution is -0.143. The molecule has 3 aromatic rings. The van der Waals surface area contributed by atoms with E-state index < -0.39 is 29.3 Å². The normalized spacial score (nSPS) is 11.7. The number of hydrogen-bond donors (Lipinski definition) is 1. The lowest BCUT2D eigenvalue weighted by Crippen LogP contribution is -2.27. The van der Waals surface area contributed by atoms with E-state index in [4.69, 9.17) is 4.74 Å². The second-order valence-corrected chi connectivity index (χ2v) is 6.99. The van der Waals surface area contributed by atoms with Gasteiger partial charge in [-0.05, 0) is 43.2 Å². The highest BCUT2D eigenvalue weighted by Gasteiger charge is 2.42. The molecule has 0 unspecified atom stereocenters. The number of nitrogens with one attached hydrogen (secondary N) is 1. The molecule has 1 aromatic heterocycles. The topological polar surface area (TPSA) is 69.0 Å². The Hall–Kier alpha value is -3.27. The maximum Gasteiger partial charge on any atom is 0.435 e. The van der Waals surface area contributed by atoms with Crippen molar-refractivity contribution in [2.45, 2.75) is 39.3 Å². The molecule has 6 nitrogen and oxygen atoms in total. The second-order valence-electron chi connectivity index (χ2n) is 6.99. The summed E-state index contributed by atoms with van der Waals surface area (Å²) in [5, 5.41) is 9.30. The summed E-state index contributed by atoms with van der Waals surface area (Å²) < 4.78 is 60.5. The van der Waals surface area contributed by atoms with Crippen molar-refractivity contribution in [1.29, 1.82) is 0 Å². The summed E-state index contributed by atoms with van der Waals surface area (Å²) in [6.45, 7) is 4.03. The predicted molar refractivity (Wildman–Crippen MR) is 104 cm³/mol. The van der Waals surface area contributed by atoms with Gasteiger partial charge in [-0.1, -0.05) is 35.5 Å². The highest BCUT2D eigenvalue weighted by Crippen LogP contribution is 2.32. The lowest BCUT2D eigenvalue weighted by Gasteiger charge is -2.13. The molecule has 31 heavy (non-hydrogen) atoms. The number of halogens is 4. The molecule has 0 fully saturated rings. The number of carbonyl (C=O) groups is 1. The number of benzene rings is 2. The molecule has 0 aliphatic carbocycles. The second kappa shape index (κ2) is 9.25. The molecule has 0 bridgehead atoms. The smallest absolute Gasteiger partial charge is 0.374 e. The molecule has 0 saturated heterocycles. The van der Waals surface area contributed by atoms with Gasteiger partial charge in [-0.25, -0.2) is 9.07 Å². The Bertz CT molecular complexity index is 1060. The summed E-state index contributed by atoms with van der Waals surface area (Å²) in [6.07, 6.45) is -4.94. The quantitative estimate of drug-likeness (QED) is 0.562. The third kappa shape index (κ3) is 5.46. The molecular formula is C21H20F4N4O2. The van der Waals surface area contributed by atoms with Crippen LogP contribution in [0.4, 0.5) is 17.6 Å². The maximum atomic E-state index is 13.7. The van der Waals surface area contributed by atoms with Gasteiger partial charge in [-0.15, -0.1) is 5.10 Å². The van der Waals surface area contributed by atoms with Gasteiger partial charge in [0.05, 0.1) is 18.4 Å². The van der Waals surface area contributed by atoms with Crippen molar-refractivity contribution in [1.82, 2.24) is 20.3 Å². The summed E-state index contributed by atoms with van der Waals surface area (Å²) in [4.78, 5) is 12.5. The minimum absolute atomic E-state index is 0.00477. The van der Waals surface area contributed by atoms with Crippen LogP contribution in [-0.2, 0) is 24.1 Å². The van der Waals surface area contributed by atoms with E-state index >= 15 is 0 Å². The van der Waals surface area contributed by atoms with Crippen LogP contribution in [0, 0.1) is 5.82 Å². The van der Waals surface area contributed by atoms with E-state index in [9.17, 15) is 22.4 Å². The van der Waals surface area contributed by atoms with Crippen molar-refractivity contribution < 1.29 is 27.1 Å². The Morgan fingerprint density at radius 3 is 2.48 bits per heavy atom. The molecule has 2 aromatic carbocycles. The Kier molecular flexibility index (Phi) is 6.69. The van der Waals surface area contributed by atoms with Gasteiger partial charge in [0.25, 0.3) is 5.91 Å². The Balaban J connectivity index is 1.85. The first-order valence-electron chi connectivity index (χ1n) is 9.42. The average molecular weight is 436 g/mol. The molecular weight excluding hydrogens is 416 g/mol. The van der Waals surface area contributed by atoms with Crippen molar-refractivity contribution >= 4 is 5.91 Å². The summed E-state index contributed by atoms with van der Waals surface area (Å²) in [5.41, 5.74) is -0.978. The zero-order valence-corrected chi connectivity index (χ0v) is 16.8. The molecule has 0 atom stereocenters. The molecule has 0 spiro atoms. The number of rotatable bonds is 7. The van der Waals surface area contributed by atoms with Crippen LogP contribution in [0.15, 0.2) is 48.5 Å². The van der Waals surface area contributed by atoms with Crippen LogP contribution in [0.25, 0.3) is 5.69 Å². The summed E-state index contributed by atoms with van der Waals surface area (Å²) >= 11 is 0. The van der Waals surface area contributed by atoms with Crippen LogP contribution >= 0.6 is 0 Å². The zero-order chi connectivity index (χ0) is 22.6. The van der Waals surface area contributed by atoms with Crippen molar-refractivity contribution in [2.24, 2.45) is 0 Å². The van der Waals surface area contributed by atoms with Crippen LogP contribution in [-0.4, -0.2) is 27.0 Å². The molecule has 1 heterocycles. The number of aromatic nitrogens is 3. The van der Waals surface area contributed by atoms with Gasteiger partial charge in [-0.3, -0.25) is 4.79 Å². The zero-order valence-electron chi connectivity index (χ0n) is 16.8. The van der Waals surface area contributed by atoms with Crippen LogP contribution < -0.4 is 5.32 Å². The predicted octanol–water partition coefficient (Wildman–Crippen LogP) is 4.28. The van der Waals surface area contributed by atoms with E-state index in [0.717, 1.165) is 17.7 Å². The number of amides is 1. The number of carbonyl (C=O) groups excluding carboxylic acids is 1. The SMILES string of the molecule is CC(C)OCc1ccccc1CNC(=O)c1nnn(-c2cccc(F)c2)c1C(F)(F)F. The standard InChI is InChI=1S/C21H20F4N4O2/c1-13(2)31-12-15-7-4-3-6-14(15)11-26-20(30)18-19(21(23,24)25)29(28-27-18)17-9-5-8-16(22)10-17/h3-10,13H,11-12H2,1-2H3,(H,26,30). The summed E-state index contributed by atoms with van der Waals surface area (Å²) in [6, 6.07) is 11.5. The fourth-order valence-electron chi connectivity index (χ4n) is 2.86. The molecule has 10 heteroatoms. The number of hydrogen-bond acceptors (Lipinski definition) is 4. The van der Waals surface area contributed by atoms with Crippen molar-refractivity contribution in [3.63, 3.8) is 0 Å². The van der Waals surface area contributed by atoms with Crippen LogP contribution in [0.5, 0.6) is 0 Å². The fraction of sp³-hybridized carbons (Fsp3) is 0.286. The molecule has 0 aliphatic rings. The monoisotopic (exact) mass is 436 g/mol. The van der Waals surface area contributed by atoms with Crippen LogP contribution in [0.1, 0.15) is 41.2 Å². The molecule has 0 saturated carbocycles. The lowest BCUT2D eigenvalue weighted by atomic mass is 10.1. The Labute approximate surface area is 175 Å².